The van der Waals surface area contributed by atoms with Crippen molar-refractivity contribution < 1.29 is 4.79 Å². The molecular weight excluding hydrogens is 300 g/mol. The molecule has 126 valence electrons. The van der Waals surface area contributed by atoms with Crippen LogP contribution >= 0.6 is 0 Å². The number of nitrogens with zero attached hydrogens (tertiary/aromatic N) is 3. The van der Waals surface area contributed by atoms with Crippen LogP contribution in [0, 0.1) is 13.8 Å². The zero-order chi connectivity index (χ0) is 16.9. The highest BCUT2D eigenvalue weighted by molar-refractivity contribution is 5.78. The highest BCUT2D eigenvalue weighted by Gasteiger charge is 2.16. The van der Waals surface area contributed by atoms with Gasteiger partial charge in [0.2, 0.25) is 11.9 Å². The predicted molar refractivity (Wildman–Crippen MR) is 94.9 cm³/mol. The lowest BCUT2D eigenvalue weighted by Crippen LogP contribution is -2.26. The molecule has 1 aliphatic heterocycles. The summed E-state index contributed by atoms with van der Waals surface area (Å²) >= 11 is 0. The number of hydrogen-bond donors (Lipinski definition) is 1. The van der Waals surface area contributed by atoms with Crippen molar-refractivity contribution >= 4 is 11.9 Å². The van der Waals surface area contributed by atoms with Gasteiger partial charge >= 0.3 is 0 Å². The molecule has 0 unspecified atom stereocenters. The Bertz CT molecular complexity index is 723. The third-order valence-electron chi connectivity index (χ3n) is 4.20. The summed E-state index contributed by atoms with van der Waals surface area (Å²) in [6.07, 6.45) is 2.78. The van der Waals surface area contributed by atoms with Gasteiger partial charge in [0.25, 0.3) is 0 Å². The first kappa shape index (κ1) is 16.4. The molecule has 0 bridgehead atoms. The third kappa shape index (κ3) is 4.31. The van der Waals surface area contributed by atoms with Gasteiger partial charge in [0.15, 0.2) is 0 Å². The number of hydrogen-bond acceptors (Lipinski definition) is 4. The van der Waals surface area contributed by atoms with E-state index < -0.39 is 0 Å². The minimum atomic E-state index is 0.0135. The summed E-state index contributed by atoms with van der Waals surface area (Å²) < 4.78 is 0. The van der Waals surface area contributed by atoms with E-state index in [9.17, 15) is 4.79 Å². The maximum absolute atomic E-state index is 12.2. The van der Waals surface area contributed by atoms with Crippen molar-refractivity contribution in [3.63, 3.8) is 0 Å². The molecule has 1 fully saturated rings. The zero-order valence-electron chi connectivity index (χ0n) is 14.4. The van der Waals surface area contributed by atoms with Gasteiger partial charge in [0.05, 0.1) is 18.7 Å². The second-order valence-electron chi connectivity index (χ2n) is 6.44. The maximum atomic E-state index is 12.2. The molecule has 2 aromatic rings. The van der Waals surface area contributed by atoms with Gasteiger partial charge in [-0.1, -0.05) is 29.8 Å². The fourth-order valence-corrected chi connectivity index (χ4v) is 3.03. The molecule has 5 heteroatoms. The van der Waals surface area contributed by atoms with Gasteiger partial charge in [-0.25, -0.2) is 9.97 Å². The van der Waals surface area contributed by atoms with Crippen LogP contribution in [0.1, 0.15) is 35.4 Å². The molecule has 1 aromatic carbocycles. The smallest absolute Gasteiger partial charge is 0.225 e. The Morgan fingerprint density at radius 3 is 2.71 bits per heavy atom. The number of anilines is 1. The van der Waals surface area contributed by atoms with Crippen LogP contribution < -0.4 is 10.2 Å². The molecule has 0 aliphatic carbocycles. The largest absolute Gasteiger partial charge is 0.350 e. The van der Waals surface area contributed by atoms with Crippen molar-refractivity contribution in [2.45, 2.75) is 39.7 Å². The number of carbonyl (C=O) groups excluding carboxylic acids is 1. The lowest BCUT2D eigenvalue weighted by molar-refractivity contribution is -0.120. The van der Waals surface area contributed by atoms with Gasteiger partial charge in [-0.3, -0.25) is 4.79 Å². The summed E-state index contributed by atoms with van der Waals surface area (Å²) in [5.74, 6) is 0.801. The molecule has 1 aromatic heterocycles. The number of rotatable bonds is 5. The number of benzene rings is 1. The normalized spacial score (nSPS) is 14.0. The molecule has 0 spiro atoms. The Morgan fingerprint density at radius 2 is 1.96 bits per heavy atom. The van der Waals surface area contributed by atoms with Crippen LogP contribution in [-0.4, -0.2) is 29.0 Å². The lowest BCUT2D eigenvalue weighted by atomic mass is 10.1. The number of aromatic nitrogens is 2. The Kier molecular flexibility index (Phi) is 5.08. The molecule has 5 nitrogen and oxygen atoms in total. The molecule has 1 amide bonds. The van der Waals surface area contributed by atoms with Crippen LogP contribution in [0.15, 0.2) is 30.3 Å². The van der Waals surface area contributed by atoms with Crippen molar-refractivity contribution in [3.05, 3.63) is 52.8 Å². The first-order valence-corrected chi connectivity index (χ1v) is 8.52. The summed E-state index contributed by atoms with van der Waals surface area (Å²) in [4.78, 5) is 23.5. The van der Waals surface area contributed by atoms with Gasteiger partial charge < -0.3 is 10.2 Å². The van der Waals surface area contributed by atoms with Crippen molar-refractivity contribution in [3.8, 4) is 0 Å². The Hall–Kier alpha value is -2.43. The zero-order valence-corrected chi connectivity index (χ0v) is 14.4. The minimum Gasteiger partial charge on any atom is -0.350 e. The summed E-state index contributed by atoms with van der Waals surface area (Å²) in [5, 5.41) is 2.96. The van der Waals surface area contributed by atoms with Crippen molar-refractivity contribution in [2.24, 2.45) is 0 Å². The van der Waals surface area contributed by atoms with E-state index in [1.807, 2.05) is 44.2 Å². The van der Waals surface area contributed by atoms with E-state index in [1.54, 1.807) is 0 Å². The summed E-state index contributed by atoms with van der Waals surface area (Å²) in [6.45, 7) is 6.48. The molecule has 24 heavy (non-hydrogen) atoms. The summed E-state index contributed by atoms with van der Waals surface area (Å²) in [6, 6.07) is 9.97. The molecule has 0 radical (unpaired) electrons. The van der Waals surface area contributed by atoms with Crippen LogP contribution in [0.25, 0.3) is 0 Å². The quantitative estimate of drug-likeness (QED) is 0.918. The average molecular weight is 324 g/mol. The molecular formula is C19H24N4O. The maximum Gasteiger partial charge on any atom is 0.225 e. The highest BCUT2D eigenvalue weighted by Crippen LogP contribution is 2.16. The van der Waals surface area contributed by atoms with E-state index in [0.717, 1.165) is 36.0 Å². The van der Waals surface area contributed by atoms with Crippen molar-refractivity contribution in [1.29, 1.82) is 0 Å². The third-order valence-corrected chi connectivity index (χ3v) is 4.20. The van der Waals surface area contributed by atoms with Crippen LogP contribution in [-0.2, 0) is 17.8 Å². The van der Waals surface area contributed by atoms with E-state index in [2.05, 4.69) is 20.2 Å². The molecule has 1 N–H and O–H groups in total. The first-order valence-electron chi connectivity index (χ1n) is 8.52. The number of carbonyl (C=O) groups is 1. The van der Waals surface area contributed by atoms with Crippen LogP contribution in [0.4, 0.5) is 5.95 Å². The lowest BCUT2D eigenvalue weighted by Gasteiger charge is -2.16. The first-order chi connectivity index (χ1) is 11.6. The van der Waals surface area contributed by atoms with E-state index in [-0.39, 0.29) is 5.91 Å². The molecule has 1 saturated heterocycles. The van der Waals surface area contributed by atoms with E-state index in [1.165, 1.54) is 18.4 Å². The minimum absolute atomic E-state index is 0.0135. The molecule has 1 aliphatic rings. The van der Waals surface area contributed by atoms with E-state index >= 15 is 0 Å². The number of nitrogens with one attached hydrogen (secondary N) is 1. The van der Waals surface area contributed by atoms with Crippen LogP contribution in [0.3, 0.4) is 0 Å². The van der Waals surface area contributed by atoms with Gasteiger partial charge in [0.1, 0.15) is 0 Å². The second kappa shape index (κ2) is 7.43. The number of aryl methyl sites for hydroxylation is 2. The second-order valence-corrected chi connectivity index (χ2v) is 6.44. The van der Waals surface area contributed by atoms with Gasteiger partial charge in [-0.15, -0.1) is 0 Å². The number of amides is 1. The van der Waals surface area contributed by atoms with E-state index in [4.69, 9.17) is 0 Å². The molecule has 0 atom stereocenters. The van der Waals surface area contributed by atoms with E-state index in [0.29, 0.717) is 13.0 Å². The molecule has 3 rings (SSSR count). The predicted octanol–water partition coefficient (Wildman–Crippen LogP) is 2.55. The van der Waals surface area contributed by atoms with Gasteiger partial charge in [0, 0.05) is 18.8 Å². The monoisotopic (exact) mass is 324 g/mol. The summed E-state index contributed by atoms with van der Waals surface area (Å²) in [7, 11) is 0. The SMILES string of the molecule is Cc1cccc(CC(=O)NCc2cc(C)nc(N3CCCC3)n2)c1. The Morgan fingerprint density at radius 1 is 1.17 bits per heavy atom. The highest BCUT2D eigenvalue weighted by atomic mass is 16.1. The topological polar surface area (TPSA) is 58.1 Å². The Balaban J connectivity index is 1.60. The van der Waals surface area contributed by atoms with Crippen LogP contribution in [0.2, 0.25) is 0 Å². The van der Waals surface area contributed by atoms with Crippen molar-refractivity contribution in [2.75, 3.05) is 18.0 Å². The van der Waals surface area contributed by atoms with Crippen LogP contribution in [0.5, 0.6) is 0 Å². The molecule has 0 saturated carbocycles. The van der Waals surface area contributed by atoms with Crippen molar-refractivity contribution in [1.82, 2.24) is 15.3 Å². The molecule has 2 heterocycles. The average Bonchev–Trinajstić information content (AvgIpc) is 3.07. The fourth-order valence-electron chi connectivity index (χ4n) is 3.03. The summed E-state index contributed by atoms with van der Waals surface area (Å²) in [5.41, 5.74) is 4.00. The standard InChI is InChI=1S/C19H24N4O/c1-14-6-5-7-16(10-14)12-18(24)20-13-17-11-15(2)21-19(22-17)23-8-3-4-9-23/h5-7,10-11H,3-4,8-9,12-13H2,1-2H3,(H,20,24). The van der Waals surface area contributed by atoms with Gasteiger partial charge in [-0.2, -0.15) is 0 Å². The van der Waals surface area contributed by atoms with Gasteiger partial charge in [-0.05, 0) is 38.3 Å². The fraction of sp³-hybridized carbons (Fsp3) is 0.421. The Labute approximate surface area is 143 Å².